The summed E-state index contributed by atoms with van der Waals surface area (Å²) in [5.41, 5.74) is 1.46. The SMILES string of the molecule is COc1ccccc1OC[C@H](C)NC(=O)/C(=C/c1ccco1)NC(=O)c1cccc(C)c1. The Morgan fingerprint density at radius 3 is 2.53 bits per heavy atom. The maximum Gasteiger partial charge on any atom is 0.268 e. The number of rotatable bonds is 9. The topological polar surface area (TPSA) is 89.8 Å². The third-order valence-electron chi connectivity index (χ3n) is 4.54. The first-order valence-electron chi connectivity index (χ1n) is 10.2. The molecule has 7 heteroatoms. The summed E-state index contributed by atoms with van der Waals surface area (Å²) in [5, 5.41) is 5.52. The Hall–Kier alpha value is -4.00. The largest absolute Gasteiger partial charge is 0.493 e. The van der Waals surface area contributed by atoms with Gasteiger partial charge in [-0.1, -0.05) is 29.8 Å². The van der Waals surface area contributed by atoms with Crippen LogP contribution in [0.15, 0.2) is 77.0 Å². The van der Waals surface area contributed by atoms with E-state index in [2.05, 4.69) is 10.6 Å². The molecule has 0 radical (unpaired) electrons. The Morgan fingerprint density at radius 1 is 1.06 bits per heavy atom. The van der Waals surface area contributed by atoms with Crippen molar-refractivity contribution in [2.24, 2.45) is 0 Å². The van der Waals surface area contributed by atoms with Gasteiger partial charge in [-0.2, -0.15) is 0 Å². The summed E-state index contributed by atoms with van der Waals surface area (Å²) in [5.74, 6) is 0.778. The van der Waals surface area contributed by atoms with Crippen LogP contribution in [0, 0.1) is 6.92 Å². The molecule has 2 N–H and O–H groups in total. The molecule has 2 aromatic carbocycles. The van der Waals surface area contributed by atoms with Crippen LogP contribution in [0.2, 0.25) is 0 Å². The quantitative estimate of drug-likeness (QED) is 0.498. The van der Waals surface area contributed by atoms with Crippen LogP contribution in [0.4, 0.5) is 0 Å². The summed E-state index contributed by atoms with van der Waals surface area (Å²) >= 11 is 0. The maximum atomic E-state index is 12.9. The van der Waals surface area contributed by atoms with Gasteiger partial charge in [-0.15, -0.1) is 0 Å². The highest BCUT2D eigenvalue weighted by Crippen LogP contribution is 2.25. The summed E-state index contributed by atoms with van der Waals surface area (Å²) in [6.45, 7) is 3.92. The number of methoxy groups -OCH3 is 1. The van der Waals surface area contributed by atoms with Gasteiger partial charge in [0, 0.05) is 11.6 Å². The molecule has 0 aliphatic rings. The van der Waals surface area contributed by atoms with Gasteiger partial charge in [-0.25, -0.2) is 0 Å². The van der Waals surface area contributed by atoms with E-state index in [0.29, 0.717) is 22.8 Å². The molecule has 0 unspecified atom stereocenters. The van der Waals surface area contributed by atoms with Gasteiger partial charge in [0.05, 0.1) is 19.4 Å². The van der Waals surface area contributed by atoms with E-state index in [9.17, 15) is 9.59 Å². The number of para-hydroxylation sites is 2. The van der Waals surface area contributed by atoms with E-state index in [-0.39, 0.29) is 24.3 Å². The van der Waals surface area contributed by atoms with E-state index in [0.717, 1.165) is 5.56 Å². The second kappa shape index (κ2) is 10.9. The van der Waals surface area contributed by atoms with Gasteiger partial charge in [-0.05, 0) is 50.2 Å². The Morgan fingerprint density at radius 2 is 1.84 bits per heavy atom. The van der Waals surface area contributed by atoms with Crippen LogP contribution in [0.5, 0.6) is 11.5 Å². The molecule has 0 aliphatic heterocycles. The smallest absolute Gasteiger partial charge is 0.268 e. The third-order valence-corrected chi connectivity index (χ3v) is 4.54. The predicted molar refractivity (Wildman–Crippen MR) is 121 cm³/mol. The van der Waals surface area contributed by atoms with E-state index < -0.39 is 5.91 Å². The van der Waals surface area contributed by atoms with Gasteiger partial charge in [0.15, 0.2) is 11.5 Å². The van der Waals surface area contributed by atoms with Crippen LogP contribution in [-0.4, -0.2) is 31.6 Å². The average molecular weight is 434 g/mol. The number of carbonyl (C=O) groups excluding carboxylic acids is 2. The van der Waals surface area contributed by atoms with E-state index in [1.807, 2.05) is 25.1 Å². The molecule has 2 amide bonds. The monoisotopic (exact) mass is 434 g/mol. The van der Waals surface area contributed by atoms with Crippen LogP contribution < -0.4 is 20.1 Å². The Labute approximate surface area is 187 Å². The van der Waals surface area contributed by atoms with Crippen LogP contribution in [-0.2, 0) is 4.79 Å². The first kappa shape index (κ1) is 22.7. The molecule has 0 saturated heterocycles. The number of nitrogens with one attached hydrogen (secondary N) is 2. The number of benzene rings is 2. The number of ether oxygens (including phenoxy) is 2. The van der Waals surface area contributed by atoms with Crippen LogP contribution in [0.3, 0.4) is 0 Å². The van der Waals surface area contributed by atoms with Crippen molar-refractivity contribution >= 4 is 17.9 Å². The minimum absolute atomic E-state index is 0.0654. The molecule has 1 aromatic heterocycles. The molecule has 1 atom stereocenters. The van der Waals surface area contributed by atoms with E-state index in [4.69, 9.17) is 13.9 Å². The van der Waals surface area contributed by atoms with Crippen molar-refractivity contribution in [1.82, 2.24) is 10.6 Å². The molecule has 0 saturated carbocycles. The fraction of sp³-hybridized carbons (Fsp3) is 0.200. The van der Waals surface area contributed by atoms with Crippen molar-refractivity contribution in [1.29, 1.82) is 0 Å². The summed E-state index contributed by atoms with van der Waals surface area (Å²) in [7, 11) is 1.57. The number of hydrogen-bond donors (Lipinski definition) is 2. The predicted octanol–water partition coefficient (Wildman–Crippen LogP) is 3.95. The van der Waals surface area contributed by atoms with E-state index in [1.54, 1.807) is 56.5 Å². The highest BCUT2D eigenvalue weighted by molar-refractivity contribution is 6.05. The number of carbonyl (C=O) groups is 2. The fourth-order valence-corrected chi connectivity index (χ4v) is 2.95. The fourth-order valence-electron chi connectivity index (χ4n) is 2.95. The van der Waals surface area contributed by atoms with Crippen LogP contribution >= 0.6 is 0 Å². The van der Waals surface area contributed by atoms with Gasteiger partial charge in [-0.3, -0.25) is 9.59 Å². The number of amides is 2. The average Bonchev–Trinajstić information content (AvgIpc) is 3.30. The molecular formula is C25H26N2O5. The Bertz CT molecular complexity index is 1090. The van der Waals surface area contributed by atoms with Crippen molar-refractivity contribution in [2.45, 2.75) is 19.9 Å². The lowest BCUT2D eigenvalue weighted by Crippen LogP contribution is -2.41. The first-order valence-corrected chi connectivity index (χ1v) is 10.2. The Kier molecular flexibility index (Phi) is 7.70. The number of hydrogen-bond acceptors (Lipinski definition) is 5. The van der Waals surface area contributed by atoms with Crippen molar-refractivity contribution < 1.29 is 23.5 Å². The third kappa shape index (κ3) is 6.25. The van der Waals surface area contributed by atoms with Crippen molar-refractivity contribution in [3.8, 4) is 11.5 Å². The van der Waals surface area contributed by atoms with Gasteiger partial charge >= 0.3 is 0 Å². The Balaban J connectivity index is 1.69. The lowest BCUT2D eigenvalue weighted by atomic mass is 10.1. The van der Waals surface area contributed by atoms with Crippen molar-refractivity contribution in [3.05, 3.63) is 89.5 Å². The minimum Gasteiger partial charge on any atom is -0.493 e. The van der Waals surface area contributed by atoms with Gasteiger partial charge in [0.1, 0.15) is 18.1 Å². The van der Waals surface area contributed by atoms with Crippen LogP contribution in [0.1, 0.15) is 28.6 Å². The maximum absolute atomic E-state index is 12.9. The molecule has 166 valence electrons. The summed E-state index contributed by atoms with van der Waals surface area (Å²) in [4.78, 5) is 25.6. The van der Waals surface area contributed by atoms with Crippen molar-refractivity contribution in [3.63, 3.8) is 0 Å². The number of aryl methyl sites for hydroxylation is 1. The second-order valence-corrected chi connectivity index (χ2v) is 7.23. The first-order chi connectivity index (χ1) is 15.5. The van der Waals surface area contributed by atoms with E-state index in [1.165, 1.54) is 12.3 Å². The van der Waals surface area contributed by atoms with Gasteiger partial charge in [0.25, 0.3) is 11.8 Å². The minimum atomic E-state index is -0.460. The van der Waals surface area contributed by atoms with Gasteiger partial charge in [0.2, 0.25) is 0 Å². The molecular weight excluding hydrogens is 408 g/mol. The van der Waals surface area contributed by atoms with Crippen molar-refractivity contribution in [2.75, 3.05) is 13.7 Å². The second-order valence-electron chi connectivity index (χ2n) is 7.23. The molecule has 0 fully saturated rings. The van der Waals surface area contributed by atoms with Crippen LogP contribution in [0.25, 0.3) is 6.08 Å². The molecule has 0 aliphatic carbocycles. The zero-order valence-corrected chi connectivity index (χ0v) is 18.3. The summed E-state index contributed by atoms with van der Waals surface area (Å²) in [6, 6.07) is 17.4. The summed E-state index contributed by atoms with van der Waals surface area (Å²) in [6.07, 6.45) is 2.98. The van der Waals surface area contributed by atoms with E-state index >= 15 is 0 Å². The highest BCUT2D eigenvalue weighted by atomic mass is 16.5. The molecule has 0 bridgehead atoms. The highest BCUT2D eigenvalue weighted by Gasteiger charge is 2.18. The molecule has 3 aromatic rings. The normalized spacial score (nSPS) is 12.0. The van der Waals surface area contributed by atoms with Gasteiger partial charge < -0.3 is 24.5 Å². The lowest BCUT2D eigenvalue weighted by molar-refractivity contribution is -0.118. The zero-order valence-electron chi connectivity index (χ0n) is 18.3. The standard InChI is InChI=1S/C25H26N2O5/c1-17-8-6-9-19(14-17)24(28)27-21(15-20-10-7-13-31-20)25(29)26-18(2)16-32-23-12-5-4-11-22(23)30-3/h4-15,18H,16H2,1-3H3,(H,26,29)(H,27,28)/b21-15-/t18-/m0/s1. The molecule has 3 rings (SSSR count). The molecule has 32 heavy (non-hydrogen) atoms. The molecule has 1 heterocycles. The number of furan rings is 1. The summed E-state index contributed by atoms with van der Waals surface area (Å²) < 4.78 is 16.4. The molecule has 0 spiro atoms. The molecule has 7 nitrogen and oxygen atoms in total. The zero-order chi connectivity index (χ0) is 22.9. The lowest BCUT2D eigenvalue weighted by Gasteiger charge is -2.18.